The van der Waals surface area contributed by atoms with Crippen LogP contribution in [0.25, 0.3) is 5.69 Å². The molecule has 3 aromatic rings. The van der Waals surface area contributed by atoms with E-state index in [1.165, 1.54) is 5.56 Å². The number of carbonyl (C=O) groups excluding carboxylic acids is 1. The fourth-order valence-corrected chi connectivity index (χ4v) is 4.88. The molecule has 3 heterocycles. The van der Waals surface area contributed by atoms with Crippen LogP contribution in [0, 0.1) is 18.3 Å². The van der Waals surface area contributed by atoms with E-state index in [0.717, 1.165) is 16.9 Å². The number of nitrogens with zero attached hydrogens (tertiary/aromatic N) is 3. The molecule has 1 aliphatic carbocycles. The minimum absolute atomic E-state index is 0.0427. The molecular formula is C27H27N3O3. The van der Waals surface area contributed by atoms with E-state index < -0.39 is 11.2 Å². The van der Waals surface area contributed by atoms with Crippen molar-refractivity contribution in [3.8, 4) is 11.8 Å². The first-order valence-corrected chi connectivity index (χ1v) is 11.4. The molecule has 0 amide bonds. The normalized spacial score (nSPS) is 18.8. The highest BCUT2D eigenvalue weighted by molar-refractivity contribution is 5.97. The summed E-state index contributed by atoms with van der Waals surface area (Å²) >= 11 is 0. The van der Waals surface area contributed by atoms with Crippen molar-refractivity contribution in [3.63, 3.8) is 0 Å². The van der Waals surface area contributed by atoms with Gasteiger partial charge in [0.05, 0.1) is 30.4 Å². The van der Waals surface area contributed by atoms with Gasteiger partial charge in [-0.1, -0.05) is 18.2 Å². The van der Waals surface area contributed by atoms with Gasteiger partial charge in [-0.25, -0.2) is 0 Å². The minimum Gasteiger partial charge on any atom is -0.348 e. The van der Waals surface area contributed by atoms with Crippen LogP contribution in [-0.4, -0.2) is 34.3 Å². The Bertz CT molecular complexity index is 1190. The number of aromatic nitrogens is 2. The first-order valence-electron chi connectivity index (χ1n) is 11.4. The van der Waals surface area contributed by atoms with Crippen LogP contribution in [-0.2, 0) is 21.3 Å². The lowest BCUT2D eigenvalue weighted by Gasteiger charge is -2.39. The number of aryl methyl sites for hydroxylation is 1. The average Bonchev–Trinajstić information content (AvgIpc) is 3.51. The van der Waals surface area contributed by atoms with Crippen molar-refractivity contribution in [2.75, 3.05) is 13.2 Å². The summed E-state index contributed by atoms with van der Waals surface area (Å²) < 4.78 is 13.6. The predicted octanol–water partition coefficient (Wildman–Crippen LogP) is 4.68. The number of carbonyl (C=O) groups is 1. The highest BCUT2D eigenvalue weighted by Gasteiger charge is 2.48. The Morgan fingerprint density at radius 3 is 2.58 bits per heavy atom. The van der Waals surface area contributed by atoms with E-state index >= 15 is 0 Å². The monoisotopic (exact) mass is 441 g/mol. The molecule has 1 aliphatic heterocycles. The summed E-state index contributed by atoms with van der Waals surface area (Å²) in [5.74, 6) is -0.470. The van der Waals surface area contributed by atoms with Gasteiger partial charge >= 0.3 is 0 Å². The third-order valence-electron chi connectivity index (χ3n) is 6.89. The molecule has 2 aromatic heterocycles. The van der Waals surface area contributed by atoms with E-state index in [4.69, 9.17) is 9.47 Å². The molecule has 6 heteroatoms. The number of pyridine rings is 1. The van der Waals surface area contributed by atoms with Crippen LogP contribution in [0.4, 0.5) is 0 Å². The lowest BCUT2D eigenvalue weighted by Crippen LogP contribution is -2.41. The molecule has 2 aliphatic rings. The second-order valence-electron chi connectivity index (χ2n) is 9.10. The summed E-state index contributed by atoms with van der Waals surface area (Å²) in [4.78, 5) is 17.5. The standard InChI is InChI=1S/C27H27N3O3/c1-20-3-2-4-23(15-20)30-12-7-22(18-30)24(31)16-21-5-6-25(29-17-21)26(19-28)8-10-27(11-9-26)32-13-14-33-27/h2-7,12,15,17-18H,8-11,13-14,16H2,1H3. The Balaban J connectivity index is 1.26. The summed E-state index contributed by atoms with van der Waals surface area (Å²) in [6.07, 6.45) is 8.48. The third kappa shape index (κ3) is 4.22. The van der Waals surface area contributed by atoms with E-state index in [2.05, 4.69) is 17.1 Å². The van der Waals surface area contributed by atoms with Crippen LogP contribution in [0.1, 0.15) is 52.9 Å². The second kappa shape index (κ2) is 8.58. The maximum Gasteiger partial charge on any atom is 0.168 e. The number of ketones is 1. The molecule has 0 N–H and O–H groups in total. The van der Waals surface area contributed by atoms with E-state index in [9.17, 15) is 10.1 Å². The van der Waals surface area contributed by atoms with Crippen LogP contribution >= 0.6 is 0 Å². The predicted molar refractivity (Wildman–Crippen MR) is 123 cm³/mol. The molecule has 168 valence electrons. The van der Waals surface area contributed by atoms with Crippen molar-refractivity contribution in [2.24, 2.45) is 0 Å². The Morgan fingerprint density at radius 2 is 1.91 bits per heavy atom. The number of rotatable bonds is 5. The van der Waals surface area contributed by atoms with Crippen molar-refractivity contribution >= 4 is 5.78 Å². The molecule has 5 rings (SSSR count). The number of nitriles is 1. The molecule has 0 bridgehead atoms. The Labute approximate surface area is 193 Å². The van der Waals surface area contributed by atoms with Crippen LogP contribution < -0.4 is 0 Å². The third-order valence-corrected chi connectivity index (χ3v) is 6.89. The molecule has 0 atom stereocenters. The Morgan fingerprint density at radius 1 is 1.12 bits per heavy atom. The van der Waals surface area contributed by atoms with Gasteiger partial charge in [0, 0.05) is 49.1 Å². The number of hydrogen-bond acceptors (Lipinski definition) is 5. The smallest absolute Gasteiger partial charge is 0.168 e. The van der Waals surface area contributed by atoms with Crippen molar-refractivity contribution in [1.82, 2.24) is 9.55 Å². The van der Waals surface area contributed by atoms with Crippen molar-refractivity contribution < 1.29 is 14.3 Å². The summed E-state index contributed by atoms with van der Waals surface area (Å²) in [6.45, 7) is 3.29. The number of ether oxygens (including phenoxy) is 2. The number of hydrogen-bond donors (Lipinski definition) is 0. The lowest BCUT2D eigenvalue weighted by atomic mass is 9.70. The van der Waals surface area contributed by atoms with E-state index in [0.29, 0.717) is 44.5 Å². The SMILES string of the molecule is Cc1cccc(-n2ccc(C(=O)Cc3ccc(C4(C#N)CCC5(CC4)OCCO5)nc3)c2)c1. The number of Topliss-reactive ketones (excluding diaryl/α,β-unsaturated/α-hetero) is 1. The average molecular weight is 442 g/mol. The van der Waals surface area contributed by atoms with Gasteiger partial charge in [-0.2, -0.15) is 5.26 Å². The van der Waals surface area contributed by atoms with Crippen molar-refractivity contribution in [2.45, 2.75) is 50.2 Å². The van der Waals surface area contributed by atoms with Crippen LogP contribution in [0.15, 0.2) is 61.1 Å². The van der Waals surface area contributed by atoms with E-state index in [1.54, 1.807) is 6.20 Å². The summed E-state index contributed by atoms with van der Waals surface area (Å²) in [6, 6.07) is 16.3. The number of benzene rings is 1. The van der Waals surface area contributed by atoms with Gasteiger partial charge in [0.15, 0.2) is 11.6 Å². The quantitative estimate of drug-likeness (QED) is 0.537. The highest BCUT2D eigenvalue weighted by Crippen LogP contribution is 2.45. The maximum absolute atomic E-state index is 12.9. The van der Waals surface area contributed by atoms with Crippen molar-refractivity contribution in [3.05, 3.63) is 83.4 Å². The van der Waals surface area contributed by atoms with Crippen LogP contribution in [0.3, 0.4) is 0 Å². The van der Waals surface area contributed by atoms with Gasteiger partial charge in [0.2, 0.25) is 0 Å². The largest absolute Gasteiger partial charge is 0.348 e. The zero-order valence-corrected chi connectivity index (χ0v) is 18.8. The maximum atomic E-state index is 12.9. The molecule has 1 aromatic carbocycles. The molecule has 1 spiro atoms. The van der Waals surface area contributed by atoms with Crippen LogP contribution in [0.5, 0.6) is 0 Å². The fraction of sp³-hybridized carbons (Fsp3) is 0.370. The zero-order chi connectivity index (χ0) is 22.9. The van der Waals surface area contributed by atoms with Gasteiger partial charge in [-0.05, 0) is 55.2 Å². The highest BCUT2D eigenvalue weighted by atomic mass is 16.7. The summed E-state index contributed by atoms with van der Waals surface area (Å²) in [7, 11) is 0. The van der Waals surface area contributed by atoms with Gasteiger partial charge in [0.1, 0.15) is 0 Å². The van der Waals surface area contributed by atoms with Gasteiger partial charge in [-0.15, -0.1) is 0 Å². The van der Waals surface area contributed by atoms with E-state index in [-0.39, 0.29) is 12.2 Å². The molecule has 1 saturated heterocycles. The topological polar surface area (TPSA) is 77.1 Å². The molecule has 1 saturated carbocycles. The first kappa shape index (κ1) is 21.6. The second-order valence-corrected chi connectivity index (χ2v) is 9.10. The Hall–Kier alpha value is -3.27. The van der Waals surface area contributed by atoms with Gasteiger partial charge < -0.3 is 14.0 Å². The molecule has 6 nitrogen and oxygen atoms in total. The Kier molecular flexibility index (Phi) is 5.61. The molecular weight excluding hydrogens is 414 g/mol. The molecule has 0 radical (unpaired) electrons. The van der Waals surface area contributed by atoms with Gasteiger partial charge in [0.25, 0.3) is 0 Å². The minimum atomic E-state index is -0.631. The first-order chi connectivity index (χ1) is 16.0. The molecule has 2 fully saturated rings. The fourth-order valence-electron chi connectivity index (χ4n) is 4.88. The van der Waals surface area contributed by atoms with Crippen molar-refractivity contribution in [1.29, 1.82) is 5.26 Å². The van der Waals surface area contributed by atoms with E-state index in [1.807, 2.05) is 60.3 Å². The molecule has 0 unspecified atom stereocenters. The van der Waals surface area contributed by atoms with Gasteiger partial charge in [-0.3, -0.25) is 9.78 Å². The summed E-state index contributed by atoms with van der Waals surface area (Å²) in [5, 5.41) is 9.97. The molecule has 33 heavy (non-hydrogen) atoms. The summed E-state index contributed by atoms with van der Waals surface area (Å²) in [5.41, 5.74) is 3.85. The van der Waals surface area contributed by atoms with Crippen LogP contribution in [0.2, 0.25) is 0 Å². The lowest BCUT2D eigenvalue weighted by molar-refractivity contribution is -0.182. The zero-order valence-electron chi connectivity index (χ0n) is 18.8.